The molecule has 5 aliphatic rings. The Morgan fingerprint density at radius 3 is 2.34 bits per heavy atom. The van der Waals surface area contributed by atoms with Gasteiger partial charge in [0.1, 0.15) is 11.7 Å². The van der Waals surface area contributed by atoms with Crippen molar-refractivity contribution in [1.82, 2.24) is 0 Å². The van der Waals surface area contributed by atoms with Crippen LogP contribution in [0.5, 0.6) is 0 Å². The van der Waals surface area contributed by atoms with Crippen LogP contribution in [0.1, 0.15) is 113 Å². The van der Waals surface area contributed by atoms with Crippen LogP contribution in [0.15, 0.2) is 23.3 Å². The maximum Gasteiger partial charge on any atom is 0.312 e. The van der Waals surface area contributed by atoms with Gasteiger partial charge in [0.05, 0.1) is 18.1 Å². The Kier molecular flexibility index (Phi) is 6.39. The largest absolute Gasteiger partial charge is 0.469 e. The second kappa shape index (κ2) is 8.69. The van der Waals surface area contributed by atoms with E-state index >= 15 is 0 Å². The topological polar surface area (TPSA) is 65.1 Å². The SMILES string of the molecule is COC(=O)[C@@]12CCC(C)=C(/C=C\[C@@]34O[C@]3(C)CC[C@H]3C(C)(C)[C@@H](OC(C)=O)CC[C@@]34C)[C@@H]1CC(C)(C)CC2. The number of ether oxygens (including phenoxy) is 3. The molecule has 4 fully saturated rings. The number of hydrogen-bond donors (Lipinski definition) is 0. The minimum atomic E-state index is -0.419. The number of carbonyl (C=O) groups is 2. The fourth-order valence-electron chi connectivity index (χ4n) is 9.84. The monoisotopic (exact) mass is 526 g/mol. The number of rotatable bonds is 4. The zero-order valence-electron chi connectivity index (χ0n) is 25.3. The van der Waals surface area contributed by atoms with Crippen LogP contribution in [0, 0.1) is 33.5 Å². The lowest BCUT2D eigenvalue weighted by atomic mass is 9.45. The number of methoxy groups -OCH3 is 1. The third kappa shape index (κ3) is 3.80. The first-order chi connectivity index (χ1) is 17.6. The lowest BCUT2D eigenvalue weighted by Gasteiger charge is -2.58. The van der Waals surface area contributed by atoms with E-state index in [1.54, 1.807) is 7.11 Å². The highest BCUT2D eigenvalue weighted by atomic mass is 16.6. The first kappa shape index (κ1) is 27.9. The summed E-state index contributed by atoms with van der Waals surface area (Å²) in [5.74, 6) is 0.345. The molecule has 0 spiro atoms. The first-order valence-corrected chi connectivity index (χ1v) is 14.9. The summed E-state index contributed by atoms with van der Waals surface area (Å²) in [5.41, 5.74) is 1.82. The number of fused-ring (bicyclic) bond motifs is 4. The quantitative estimate of drug-likeness (QED) is 0.283. The molecule has 0 aromatic heterocycles. The molecule has 0 amide bonds. The Morgan fingerprint density at radius 2 is 1.68 bits per heavy atom. The molecule has 5 nitrogen and oxygen atoms in total. The maximum absolute atomic E-state index is 13.3. The Balaban J connectivity index is 1.52. The summed E-state index contributed by atoms with van der Waals surface area (Å²) in [6.45, 7) is 17.7. The lowest BCUT2D eigenvalue weighted by molar-refractivity contribution is -0.174. The average Bonchev–Trinajstić information content (AvgIpc) is 3.46. The van der Waals surface area contributed by atoms with Crippen LogP contribution < -0.4 is 0 Å². The number of allylic oxidation sites excluding steroid dienone is 3. The number of esters is 2. The fraction of sp³-hybridized carbons (Fsp3) is 0.818. The Morgan fingerprint density at radius 1 is 0.974 bits per heavy atom. The van der Waals surface area contributed by atoms with Crippen LogP contribution in [0.4, 0.5) is 0 Å². The Hall–Kier alpha value is -1.62. The lowest BCUT2D eigenvalue weighted by Crippen LogP contribution is -2.59. The fourth-order valence-corrected chi connectivity index (χ4v) is 9.84. The Bertz CT molecular complexity index is 1080. The standard InChI is InChI=1S/C33H50O5/c1-21-10-16-32(27(35)36-9)19-18-28(3,4)20-24(32)23(21)11-17-33-30(7)14-13-26(37-22(2)34)29(5,6)25(30)12-15-31(33,8)38-33/h11,17,24-26H,10,12-16,18-20H2,1-9H3/b17-11-/t24-,25-,26-,30-,31+,32+,33-/m0/s1. The molecule has 38 heavy (non-hydrogen) atoms. The van der Waals surface area contributed by atoms with Gasteiger partial charge in [-0.3, -0.25) is 9.59 Å². The van der Waals surface area contributed by atoms with Crippen molar-refractivity contribution >= 4 is 11.9 Å². The predicted molar refractivity (Wildman–Crippen MR) is 148 cm³/mol. The molecule has 1 heterocycles. The highest BCUT2D eigenvalue weighted by Gasteiger charge is 2.79. The van der Waals surface area contributed by atoms with Crippen LogP contribution in [0.2, 0.25) is 0 Å². The smallest absolute Gasteiger partial charge is 0.312 e. The minimum absolute atomic E-state index is 0.0303. The van der Waals surface area contributed by atoms with Gasteiger partial charge in [-0.15, -0.1) is 0 Å². The van der Waals surface area contributed by atoms with Crippen LogP contribution in [-0.4, -0.2) is 36.4 Å². The summed E-state index contributed by atoms with van der Waals surface area (Å²) in [6, 6.07) is 0. The van der Waals surface area contributed by atoms with Gasteiger partial charge in [-0.25, -0.2) is 0 Å². The van der Waals surface area contributed by atoms with Crippen molar-refractivity contribution < 1.29 is 23.8 Å². The van der Waals surface area contributed by atoms with Gasteiger partial charge in [0.2, 0.25) is 0 Å². The molecule has 0 aromatic carbocycles. The van der Waals surface area contributed by atoms with E-state index in [4.69, 9.17) is 14.2 Å². The molecule has 3 saturated carbocycles. The van der Waals surface area contributed by atoms with Crippen molar-refractivity contribution in [2.24, 2.45) is 33.5 Å². The van der Waals surface area contributed by atoms with Gasteiger partial charge < -0.3 is 14.2 Å². The number of hydrogen-bond acceptors (Lipinski definition) is 5. The van der Waals surface area contributed by atoms with E-state index in [1.165, 1.54) is 18.1 Å². The zero-order valence-corrected chi connectivity index (χ0v) is 25.3. The van der Waals surface area contributed by atoms with Crippen molar-refractivity contribution in [2.75, 3.05) is 7.11 Å². The second-order valence-corrected chi connectivity index (χ2v) is 15.2. The van der Waals surface area contributed by atoms with E-state index in [2.05, 4.69) is 60.6 Å². The molecular formula is C33H50O5. The van der Waals surface area contributed by atoms with Crippen molar-refractivity contribution in [3.8, 4) is 0 Å². The number of epoxide rings is 1. The van der Waals surface area contributed by atoms with E-state index in [1.807, 2.05) is 0 Å². The van der Waals surface area contributed by atoms with Gasteiger partial charge in [-0.05, 0) is 94.6 Å². The Labute approximate surface area is 230 Å². The first-order valence-electron chi connectivity index (χ1n) is 14.9. The van der Waals surface area contributed by atoms with Crippen LogP contribution >= 0.6 is 0 Å². The van der Waals surface area contributed by atoms with Crippen LogP contribution in [0.25, 0.3) is 0 Å². The van der Waals surface area contributed by atoms with E-state index in [9.17, 15) is 9.59 Å². The highest BCUT2D eigenvalue weighted by Crippen LogP contribution is 2.74. The molecule has 212 valence electrons. The van der Waals surface area contributed by atoms with Gasteiger partial charge >= 0.3 is 11.9 Å². The molecule has 7 atom stereocenters. The maximum atomic E-state index is 13.3. The molecule has 1 aliphatic heterocycles. The van der Waals surface area contributed by atoms with Gasteiger partial charge in [-0.1, -0.05) is 46.3 Å². The van der Waals surface area contributed by atoms with E-state index < -0.39 is 5.41 Å². The summed E-state index contributed by atoms with van der Waals surface area (Å²) in [6.07, 6.45) is 13.4. The van der Waals surface area contributed by atoms with Crippen LogP contribution in [-0.2, 0) is 23.8 Å². The molecule has 1 saturated heterocycles. The van der Waals surface area contributed by atoms with Crippen molar-refractivity contribution in [3.63, 3.8) is 0 Å². The zero-order chi connectivity index (χ0) is 27.9. The highest BCUT2D eigenvalue weighted by molar-refractivity contribution is 5.78. The van der Waals surface area contributed by atoms with E-state index in [-0.39, 0.29) is 51.4 Å². The second-order valence-electron chi connectivity index (χ2n) is 15.2. The number of carbonyl (C=O) groups excluding carboxylic acids is 2. The summed E-state index contributed by atoms with van der Waals surface area (Å²) in [5, 5.41) is 0. The van der Waals surface area contributed by atoms with Crippen molar-refractivity contribution in [1.29, 1.82) is 0 Å². The third-order valence-electron chi connectivity index (χ3n) is 12.2. The van der Waals surface area contributed by atoms with Crippen molar-refractivity contribution in [3.05, 3.63) is 23.3 Å². The molecule has 0 N–H and O–H groups in total. The van der Waals surface area contributed by atoms with E-state index in [0.717, 1.165) is 57.8 Å². The summed E-state index contributed by atoms with van der Waals surface area (Å²) in [7, 11) is 1.55. The van der Waals surface area contributed by atoms with Gasteiger partial charge in [0.25, 0.3) is 0 Å². The molecule has 4 aliphatic carbocycles. The third-order valence-corrected chi connectivity index (χ3v) is 12.2. The molecule has 0 bridgehead atoms. The summed E-state index contributed by atoms with van der Waals surface area (Å²) < 4.78 is 18.1. The predicted octanol–water partition coefficient (Wildman–Crippen LogP) is 7.33. The van der Waals surface area contributed by atoms with Gasteiger partial charge in [0, 0.05) is 23.7 Å². The molecule has 0 aromatic rings. The van der Waals surface area contributed by atoms with Gasteiger partial charge in [0.15, 0.2) is 0 Å². The summed E-state index contributed by atoms with van der Waals surface area (Å²) in [4.78, 5) is 25.2. The molecule has 0 unspecified atom stereocenters. The molecule has 5 heteroatoms. The average molecular weight is 527 g/mol. The van der Waals surface area contributed by atoms with E-state index in [0.29, 0.717) is 5.92 Å². The molecule has 0 radical (unpaired) electrons. The van der Waals surface area contributed by atoms with Crippen molar-refractivity contribution in [2.45, 2.75) is 130 Å². The molecule has 5 rings (SSSR count). The minimum Gasteiger partial charge on any atom is -0.469 e. The van der Waals surface area contributed by atoms with Gasteiger partial charge in [-0.2, -0.15) is 0 Å². The normalized spacial score (nSPS) is 45.0. The van der Waals surface area contributed by atoms with Crippen LogP contribution in [0.3, 0.4) is 0 Å². The molecular weight excluding hydrogens is 476 g/mol. The summed E-state index contributed by atoms with van der Waals surface area (Å²) >= 11 is 0.